The van der Waals surface area contributed by atoms with E-state index in [4.69, 9.17) is 10.5 Å². The molecular weight excluding hydrogens is 188 g/mol. The lowest BCUT2D eigenvalue weighted by atomic mass is 10.0. The van der Waals surface area contributed by atoms with Gasteiger partial charge in [-0.05, 0) is 31.4 Å². The highest BCUT2D eigenvalue weighted by molar-refractivity contribution is 5.05. The van der Waals surface area contributed by atoms with Crippen LogP contribution in [0.15, 0.2) is 24.4 Å². The van der Waals surface area contributed by atoms with E-state index in [0.29, 0.717) is 6.10 Å². The van der Waals surface area contributed by atoms with E-state index >= 15 is 0 Å². The van der Waals surface area contributed by atoms with Gasteiger partial charge in [-0.2, -0.15) is 0 Å². The van der Waals surface area contributed by atoms with Gasteiger partial charge in [0.05, 0.1) is 6.10 Å². The van der Waals surface area contributed by atoms with Crippen LogP contribution in [-0.4, -0.2) is 23.7 Å². The van der Waals surface area contributed by atoms with Crippen LogP contribution in [0.2, 0.25) is 0 Å². The molecule has 1 aliphatic rings. The van der Waals surface area contributed by atoms with Crippen molar-refractivity contribution in [1.29, 1.82) is 0 Å². The molecule has 15 heavy (non-hydrogen) atoms. The summed E-state index contributed by atoms with van der Waals surface area (Å²) < 4.78 is 5.56. The predicted octanol–water partition coefficient (Wildman–Crippen LogP) is 1.52. The molecule has 0 aromatic carbocycles. The SMILES string of the molecule is NC(Cc1ccccn1)CC1CCCO1. The number of nitrogens with two attached hydrogens (primary N) is 1. The average Bonchev–Trinajstić information content (AvgIpc) is 2.71. The fourth-order valence-corrected chi connectivity index (χ4v) is 2.04. The number of hydrogen-bond donors (Lipinski definition) is 1. The van der Waals surface area contributed by atoms with Crippen molar-refractivity contribution in [2.45, 2.75) is 37.8 Å². The van der Waals surface area contributed by atoms with Gasteiger partial charge in [-0.3, -0.25) is 4.98 Å². The molecule has 1 saturated heterocycles. The predicted molar refractivity (Wildman–Crippen MR) is 59.5 cm³/mol. The summed E-state index contributed by atoms with van der Waals surface area (Å²) in [4.78, 5) is 4.27. The van der Waals surface area contributed by atoms with Crippen LogP contribution in [0.4, 0.5) is 0 Å². The highest BCUT2D eigenvalue weighted by atomic mass is 16.5. The maximum Gasteiger partial charge on any atom is 0.0590 e. The van der Waals surface area contributed by atoms with Crippen LogP contribution < -0.4 is 5.73 Å². The van der Waals surface area contributed by atoms with Gasteiger partial charge in [0.15, 0.2) is 0 Å². The molecule has 2 atom stereocenters. The zero-order chi connectivity index (χ0) is 10.5. The summed E-state index contributed by atoms with van der Waals surface area (Å²) in [6.07, 6.45) is 6.34. The van der Waals surface area contributed by atoms with E-state index in [0.717, 1.165) is 31.6 Å². The summed E-state index contributed by atoms with van der Waals surface area (Å²) in [5.41, 5.74) is 7.14. The highest BCUT2D eigenvalue weighted by Crippen LogP contribution is 2.17. The second-order valence-electron chi connectivity index (χ2n) is 4.16. The summed E-state index contributed by atoms with van der Waals surface area (Å²) in [5.74, 6) is 0. The Morgan fingerprint density at radius 2 is 2.47 bits per heavy atom. The van der Waals surface area contributed by atoms with Crippen molar-refractivity contribution in [1.82, 2.24) is 4.98 Å². The molecule has 0 spiro atoms. The lowest BCUT2D eigenvalue weighted by Gasteiger charge is -2.15. The van der Waals surface area contributed by atoms with Gasteiger partial charge in [0.1, 0.15) is 0 Å². The minimum atomic E-state index is 0.169. The third kappa shape index (κ3) is 3.29. The number of ether oxygens (including phenoxy) is 1. The van der Waals surface area contributed by atoms with Crippen molar-refractivity contribution in [3.05, 3.63) is 30.1 Å². The van der Waals surface area contributed by atoms with Gasteiger partial charge < -0.3 is 10.5 Å². The Morgan fingerprint density at radius 3 is 3.13 bits per heavy atom. The van der Waals surface area contributed by atoms with E-state index in [2.05, 4.69) is 4.98 Å². The molecule has 2 rings (SSSR count). The van der Waals surface area contributed by atoms with Crippen molar-refractivity contribution < 1.29 is 4.74 Å². The van der Waals surface area contributed by atoms with Crippen molar-refractivity contribution in [2.24, 2.45) is 5.73 Å². The number of rotatable bonds is 4. The van der Waals surface area contributed by atoms with E-state index in [1.54, 1.807) is 0 Å². The van der Waals surface area contributed by atoms with Gasteiger partial charge in [0, 0.05) is 31.0 Å². The van der Waals surface area contributed by atoms with Crippen LogP contribution in [0.25, 0.3) is 0 Å². The van der Waals surface area contributed by atoms with Crippen LogP contribution >= 0.6 is 0 Å². The van der Waals surface area contributed by atoms with Crippen molar-refractivity contribution >= 4 is 0 Å². The molecule has 1 aromatic rings. The quantitative estimate of drug-likeness (QED) is 0.812. The Bertz CT molecular complexity index is 283. The van der Waals surface area contributed by atoms with E-state index in [1.807, 2.05) is 24.4 Å². The lowest BCUT2D eigenvalue weighted by molar-refractivity contribution is 0.0982. The molecule has 3 heteroatoms. The maximum absolute atomic E-state index is 6.07. The minimum absolute atomic E-state index is 0.169. The van der Waals surface area contributed by atoms with E-state index < -0.39 is 0 Å². The van der Waals surface area contributed by atoms with Crippen molar-refractivity contribution in [2.75, 3.05) is 6.61 Å². The van der Waals surface area contributed by atoms with Crippen molar-refractivity contribution in [3.8, 4) is 0 Å². The summed E-state index contributed by atoms with van der Waals surface area (Å²) in [5, 5.41) is 0. The molecule has 1 aromatic heterocycles. The Morgan fingerprint density at radius 1 is 1.53 bits per heavy atom. The number of nitrogens with zero attached hydrogens (tertiary/aromatic N) is 1. The van der Waals surface area contributed by atoms with Gasteiger partial charge in [-0.25, -0.2) is 0 Å². The molecule has 0 amide bonds. The Hall–Kier alpha value is -0.930. The molecule has 0 radical (unpaired) electrons. The monoisotopic (exact) mass is 206 g/mol. The highest BCUT2D eigenvalue weighted by Gasteiger charge is 2.18. The van der Waals surface area contributed by atoms with E-state index in [1.165, 1.54) is 6.42 Å². The summed E-state index contributed by atoms with van der Waals surface area (Å²) in [7, 11) is 0. The standard InChI is InChI=1S/C12H18N2O/c13-10(9-12-5-3-7-15-12)8-11-4-1-2-6-14-11/h1-2,4,6,10,12H,3,5,7-9,13H2. The Balaban J connectivity index is 1.79. The van der Waals surface area contributed by atoms with Gasteiger partial charge in [0.25, 0.3) is 0 Å². The number of pyridine rings is 1. The smallest absolute Gasteiger partial charge is 0.0590 e. The van der Waals surface area contributed by atoms with Gasteiger partial charge in [-0.15, -0.1) is 0 Å². The van der Waals surface area contributed by atoms with Gasteiger partial charge in [-0.1, -0.05) is 6.07 Å². The third-order valence-electron chi connectivity index (χ3n) is 2.79. The van der Waals surface area contributed by atoms with Crippen LogP contribution in [0, 0.1) is 0 Å². The first-order chi connectivity index (χ1) is 7.34. The molecular formula is C12H18N2O. The zero-order valence-corrected chi connectivity index (χ0v) is 8.93. The van der Waals surface area contributed by atoms with Crippen LogP contribution in [0.5, 0.6) is 0 Å². The van der Waals surface area contributed by atoms with E-state index in [-0.39, 0.29) is 6.04 Å². The first-order valence-corrected chi connectivity index (χ1v) is 5.61. The molecule has 3 nitrogen and oxygen atoms in total. The molecule has 1 fully saturated rings. The summed E-state index contributed by atoms with van der Waals surface area (Å²) in [6.45, 7) is 0.904. The first-order valence-electron chi connectivity index (χ1n) is 5.61. The number of hydrogen-bond acceptors (Lipinski definition) is 3. The van der Waals surface area contributed by atoms with Gasteiger partial charge >= 0.3 is 0 Å². The summed E-state index contributed by atoms with van der Waals surface area (Å²) >= 11 is 0. The molecule has 82 valence electrons. The largest absolute Gasteiger partial charge is 0.378 e. The molecule has 2 unspecified atom stereocenters. The van der Waals surface area contributed by atoms with E-state index in [9.17, 15) is 0 Å². The normalized spacial score (nSPS) is 22.9. The van der Waals surface area contributed by atoms with Crippen LogP contribution in [0.1, 0.15) is 25.0 Å². The second-order valence-corrected chi connectivity index (χ2v) is 4.16. The first kappa shape index (κ1) is 10.6. The fraction of sp³-hybridized carbons (Fsp3) is 0.583. The third-order valence-corrected chi connectivity index (χ3v) is 2.79. The molecule has 0 saturated carbocycles. The zero-order valence-electron chi connectivity index (χ0n) is 8.93. The molecule has 1 aliphatic heterocycles. The average molecular weight is 206 g/mol. The van der Waals surface area contributed by atoms with Crippen LogP contribution in [0.3, 0.4) is 0 Å². The number of aromatic nitrogens is 1. The topological polar surface area (TPSA) is 48.1 Å². The molecule has 2 N–H and O–H groups in total. The Labute approximate surface area is 90.7 Å². The second kappa shape index (κ2) is 5.24. The lowest BCUT2D eigenvalue weighted by Crippen LogP contribution is -2.28. The maximum atomic E-state index is 6.07. The van der Waals surface area contributed by atoms with Crippen molar-refractivity contribution in [3.63, 3.8) is 0 Å². The minimum Gasteiger partial charge on any atom is -0.378 e. The fourth-order valence-electron chi connectivity index (χ4n) is 2.04. The molecule has 2 heterocycles. The molecule has 0 aliphatic carbocycles. The van der Waals surface area contributed by atoms with Gasteiger partial charge in [0.2, 0.25) is 0 Å². The summed E-state index contributed by atoms with van der Waals surface area (Å²) in [6, 6.07) is 6.12. The van der Waals surface area contributed by atoms with Crippen LogP contribution in [-0.2, 0) is 11.2 Å². The Kier molecular flexibility index (Phi) is 3.69. The molecule has 0 bridgehead atoms.